The molecule has 1 aliphatic rings. The highest BCUT2D eigenvalue weighted by Gasteiger charge is 2.15. The van der Waals surface area contributed by atoms with E-state index < -0.39 is 0 Å². The van der Waals surface area contributed by atoms with Gasteiger partial charge in [-0.1, -0.05) is 6.07 Å². The average Bonchev–Trinajstić information content (AvgIpc) is 2.98. The largest absolute Gasteiger partial charge is 0.496 e. The van der Waals surface area contributed by atoms with Gasteiger partial charge in [-0.05, 0) is 55.7 Å². The normalized spacial score (nSPS) is 12.5. The summed E-state index contributed by atoms with van der Waals surface area (Å²) >= 11 is 0. The monoisotopic (exact) mass is 296 g/mol. The fourth-order valence-electron chi connectivity index (χ4n) is 2.92. The predicted octanol–water partition coefficient (Wildman–Crippen LogP) is 3.53. The molecule has 0 unspecified atom stereocenters. The van der Waals surface area contributed by atoms with Crippen LogP contribution in [0.15, 0.2) is 30.3 Å². The molecular weight excluding hydrogens is 276 g/mol. The Morgan fingerprint density at radius 1 is 1.23 bits per heavy atom. The second kappa shape index (κ2) is 5.72. The molecule has 0 bridgehead atoms. The molecule has 0 radical (unpaired) electrons. The summed E-state index contributed by atoms with van der Waals surface area (Å²) in [6.07, 6.45) is 0.966. The van der Waals surface area contributed by atoms with Gasteiger partial charge in [0.15, 0.2) is 0 Å². The highest BCUT2D eigenvalue weighted by atomic mass is 16.5. The summed E-state index contributed by atoms with van der Waals surface area (Å²) in [6.45, 7) is 4.88. The predicted molar refractivity (Wildman–Crippen MR) is 89.1 cm³/mol. The Labute approximate surface area is 130 Å². The van der Waals surface area contributed by atoms with Gasteiger partial charge >= 0.3 is 0 Å². The van der Waals surface area contributed by atoms with Crippen LogP contribution in [-0.2, 0) is 6.42 Å². The number of anilines is 2. The highest BCUT2D eigenvalue weighted by molar-refractivity contribution is 6.05. The van der Waals surface area contributed by atoms with Crippen molar-refractivity contribution in [3.63, 3.8) is 0 Å². The Balaban J connectivity index is 1.86. The standard InChI is InChI=1S/C18H20N2O2/c1-11-4-6-15(12(2)17(11)22-3)20-18(21)14-5-7-16-13(10-14)8-9-19-16/h4-7,10,19H,8-9H2,1-3H3,(H,20,21). The molecule has 0 fully saturated rings. The SMILES string of the molecule is COc1c(C)ccc(NC(=O)c2ccc3c(c2)CCN3)c1C. The summed E-state index contributed by atoms with van der Waals surface area (Å²) in [6, 6.07) is 9.66. The molecule has 114 valence electrons. The molecule has 0 aromatic heterocycles. The topological polar surface area (TPSA) is 50.4 Å². The van der Waals surface area contributed by atoms with E-state index in [1.807, 2.05) is 44.2 Å². The van der Waals surface area contributed by atoms with Gasteiger partial charge in [-0.2, -0.15) is 0 Å². The van der Waals surface area contributed by atoms with Crippen molar-refractivity contribution < 1.29 is 9.53 Å². The minimum atomic E-state index is -0.0938. The number of methoxy groups -OCH3 is 1. The molecule has 1 heterocycles. The molecule has 2 aromatic rings. The number of hydrogen-bond donors (Lipinski definition) is 2. The minimum Gasteiger partial charge on any atom is -0.496 e. The zero-order valence-corrected chi connectivity index (χ0v) is 13.1. The molecule has 2 aromatic carbocycles. The summed E-state index contributed by atoms with van der Waals surface area (Å²) in [5, 5.41) is 6.28. The van der Waals surface area contributed by atoms with Gasteiger partial charge in [0.25, 0.3) is 5.91 Å². The van der Waals surface area contributed by atoms with E-state index in [2.05, 4.69) is 10.6 Å². The Kier molecular flexibility index (Phi) is 3.75. The molecule has 0 saturated heterocycles. The van der Waals surface area contributed by atoms with Crippen LogP contribution >= 0.6 is 0 Å². The maximum absolute atomic E-state index is 12.5. The molecule has 3 rings (SSSR count). The zero-order valence-electron chi connectivity index (χ0n) is 13.1. The first-order chi connectivity index (χ1) is 10.6. The van der Waals surface area contributed by atoms with Gasteiger partial charge in [0.1, 0.15) is 5.75 Å². The number of benzene rings is 2. The lowest BCUT2D eigenvalue weighted by Gasteiger charge is -2.14. The van der Waals surface area contributed by atoms with Crippen molar-refractivity contribution in [3.8, 4) is 5.75 Å². The van der Waals surface area contributed by atoms with Gasteiger partial charge < -0.3 is 15.4 Å². The fourth-order valence-corrected chi connectivity index (χ4v) is 2.92. The Hall–Kier alpha value is -2.49. The average molecular weight is 296 g/mol. The molecule has 0 aliphatic carbocycles. The quantitative estimate of drug-likeness (QED) is 0.911. The maximum atomic E-state index is 12.5. The summed E-state index contributed by atoms with van der Waals surface area (Å²) in [4.78, 5) is 12.5. The van der Waals surface area contributed by atoms with Crippen LogP contribution in [-0.4, -0.2) is 19.6 Å². The molecule has 1 aliphatic heterocycles. The van der Waals surface area contributed by atoms with E-state index >= 15 is 0 Å². The number of aryl methyl sites for hydroxylation is 1. The van der Waals surface area contributed by atoms with Gasteiger partial charge in [0, 0.05) is 29.0 Å². The van der Waals surface area contributed by atoms with Gasteiger partial charge in [-0.25, -0.2) is 0 Å². The van der Waals surface area contributed by atoms with E-state index in [-0.39, 0.29) is 5.91 Å². The summed E-state index contributed by atoms with van der Waals surface area (Å²) in [7, 11) is 1.65. The van der Waals surface area contributed by atoms with Gasteiger partial charge in [0.2, 0.25) is 0 Å². The van der Waals surface area contributed by atoms with Crippen LogP contribution in [0.25, 0.3) is 0 Å². The third-order valence-electron chi connectivity index (χ3n) is 4.13. The second-order valence-corrected chi connectivity index (χ2v) is 5.59. The smallest absolute Gasteiger partial charge is 0.255 e. The Morgan fingerprint density at radius 3 is 2.82 bits per heavy atom. The fraction of sp³-hybridized carbons (Fsp3) is 0.278. The van der Waals surface area contributed by atoms with Crippen molar-refractivity contribution in [2.45, 2.75) is 20.3 Å². The van der Waals surface area contributed by atoms with Crippen molar-refractivity contribution in [2.75, 3.05) is 24.3 Å². The van der Waals surface area contributed by atoms with E-state index in [1.54, 1.807) is 7.11 Å². The maximum Gasteiger partial charge on any atom is 0.255 e. The number of ether oxygens (including phenoxy) is 1. The Morgan fingerprint density at radius 2 is 2.05 bits per heavy atom. The van der Waals surface area contributed by atoms with Crippen molar-refractivity contribution in [1.82, 2.24) is 0 Å². The summed E-state index contributed by atoms with van der Waals surface area (Å²) in [5.74, 6) is 0.722. The van der Waals surface area contributed by atoms with E-state index in [0.717, 1.165) is 41.2 Å². The van der Waals surface area contributed by atoms with E-state index in [1.165, 1.54) is 5.56 Å². The van der Waals surface area contributed by atoms with Crippen LogP contribution in [0, 0.1) is 13.8 Å². The minimum absolute atomic E-state index is 0.0938. The second-order valence-electron chi connectivity index (χ2n) is 5.59. The zero-order chi connectivity index (χ0) is 15.7. The van der Waals surface area contributed by atoms with Crippen LogP contribution in [0.1, 0.15) is 27.0 Å². The molecular formula is C18H20N2O2. The molecule has 4 nitrogen and oxygen atoms in total. The molecule has 2 N–H and O–H groups in total. The molecule has 0 saturated carbocycles. The number of fused-ring (bicyclic) bond motifs is 1. The number of rotatable bonds is 3. The van der Waals surface area contributed by atoms with Crippen LogP contribution < -0.4 is 15.4 Å². The van der Waals surface area contributed by atoms with Crippen LogP contribution in [0.5, 0.6) is 5.75 Å². The number of amides is 1. The number of carbonyl (C=O) groups excluding carboxylic acids is 1. The van der Waals surface area contributed by atoms with Gasteiger partial charge in [0.05, 0.1) is 7.11 Å². The van der Waals surface area contributed by atoms with Crippen molar-refractivity contribution >= 4 is 17.3 Å². The van der Waals surface area contributed by atoms with Crippen molar-refractivity contribution in [2.24, 2.45) is 0 Å². The summed E-state index contributed by atoms with van der Waals surface area (Å²) in [5.41, 5.74) is 5.79. The van der Waals surface area contributed by atoms with Crippen molar-refractivity contribution in [3.05, 3.63) is 52.6 Å². The first-order valence-electron chi connectivity index (χ1n) is 7.42. The van der Waals surface area contributed by atoms with E-state index in [9.17, 15) is 4.79 Å². The first-order valence-corrected chi connectivity index (χ1v) is 7.42. The third kappa shape index (κ3) is 2.52. The number of nitrogens with one attached hydrogen (secondary N) is 2. The molecule has 1 amide bonds. The number of hydrogen-bond acceptors (Lipinski definition) is 3. The van der Waals surface area contributed by atoms with Crippen molar-refractivity contribution in [1.29, 1.82) is 0 Å². The lowest BCUT2D eigenvalue weighted by molar-refractivity contribution is 0.102. The molecule has 0 spiro atoms. The third-order valence-corrected chi connectivity index (χ3v) is 4.13. The van der Waals surface area contributed by atoms with E-state index in [4.69, 9.17) is 4.74 Å². The van der Waals surface area contributed by atoms with Gasteiger partial charge in [-0.3, -0.25) is 4.79 Å². The number of carbonyl (C=O) groups is 1. The molecule has 4 heteroatoms. The summed E-state index contributed by atoms with van der Waals surface area (Å²) < 4.78 is 5.40. The molecule has 0 atom stereocenters. The first kappa shape index (κ1) is 14.4. The molecule has 22 heavy (non-hydrogen) atoms. The van der Waals surface area contributed by atoms with Crippen LogP contribution in [0.3, 0.4) is 0 Å². The van der Waals surface area contributed by atoms with Crippen LogP contribution in [0.2, 0.25) is 0 Å². The van der Waals surface area contributed by atoms with E-state index in [0.29, 0.717) is 5.56 Å². The highest BCUT2D eigenvalue weighted by Crippen LogP contribution is 2.30. The van der Waals surface area contributed by atoms with Crippen LogP contribution in [0.4, 0.5) is 11.4 Å². The Bertz CT molecular complexity index is 738. The lowest BCUT2D eigenvalue weighted by Crippen LogP contribution is -2.13. The van der Waals surface area contributed by atoms with Gasteiger partial charge in [-0.15, -0.1) is 0 Å². The lowest BCUT2D eigenvalue weighted by atomic mass is 10.1.